The molecule has 16 heteroatoms. The highest BCUT2D eigenvalue weighted by atomic mass is 32.2. The second-order valence-electron chi connectivity index (χ2n) is 10.4. The third kappa shape index (κ3) is 6.19. The zero-order valence-corrected chi connectivity index (χ0v) is 25.9. The number of fused-ring (bicyclic) bond motifs is 2. The topological polar surface area (TPSA) is 210 Å². The molecule has 0 heterocycles. The van der Waals surface area contributed by atoms with Crippen molar-refractivity contribution in [3.05, 3.63) is 109 Å². The molecule has 6 aromatic carbocycles. The third-order valence-corrected chi connectivity index (χ3v) is 9.16. The molecule has 6 rings (SSSR count). The first-order chi connectivity index (χ1) is 22.7. The lowest BCUT2D eigenvalue weighted by Gasteiger charge is -2.09. The van der Waals surface area contributed by atoms with Crippen LogP contribution in [-0.4, -0.2) is 25.9 Å². The van der Waals surface area contributed by atoms with Crippen LogP contribution in [0.2, 0.25) is 0 Å². The summed E-state index contributed by atoms with van der Waals surface area (Å²) in [5, 5.41) is 16.5. The van der Waals surface area contributed by atoms with Crippen LogP contribution >= 0.6 is 0 Å². The Kier molecular flexibility index (Phi) is 8.18. The second-order valence-corrected chi connectivity index (χ2v) is 13.2. The summed E-state index contributed by atoms with van der Waals surface area (Å²) >= 11 is 0. The fourth-order valence-corrected chi connectivity index (χ4v) is 6.48. The SMILES string of the molecule is Nc1c(N=Nc2ccc(-c3ccc(N=Nc4cc(S(=O)(=O)O)c5ccccc5c4N)c(F)c3)cc2F)cc(S(=O)(=O)O)c2ccccc12. The van der Waals surface area contributed by atoms with Gasteiger partial charge in [-0.05, 0) is 47.5 Å². The van der Waals surface area contributed by atoms with Gasteiger partial charge in [0.05, 0.1) is 11.4 Å². The maximum Gasteiger partial charge on any atom is 0.295 e. The Labute approximate surface area is 271 Å². The number of nitrogens with zero attached hydrogens (tertiary/aromatic N) is 4. The van der Waals surface area contributed by atoms with E-state index in [1.54, 1.807) is 24.3 Å². The molecular formula is C32H22F2N6O6S2. The molecular weight excluding hydrogens is 667 g/mol. The molecule has 0 radical (unpaired) electrons. The zero-order chi connectivity index (χ0) is 34.4. The standard InChI is InChI=1S/C32H22F2N6O6S2/c33-23-13-17(9-11-25(23)37-39-27-15-29(47(41,42)43)19-5-1-3-7-21(19)31(27)35)18-10-12-26(24(34)14-18)38-40-28-16-30(48(44,45)46)20-6-2-4-8-22(20)32(28)36/h1-16H,35-36H2,(H,41,42,43)(H,44,45,46). The van der Waals surface area contributed by atoms with Crippen molar-refractivity contribution in [1.29, 1.82) is 0 Å². The Morgan fingerprint density at radius 3 is 1.15 bits per heavy atom. The summed E-state index contributed by atoms with van der Waals surface area (Å²) in [6, 6.07) is 22.1. The molecule has 0 aromatic heterocycles. The first-order valence-electron chi connectivity index (χ1n) is 13.7. The van der Waals surface area contributed by atoms with E-state index in [4.69, 9.17) is 11.5 Å². The fourth-order valence-electron chi connectivity index (χ4n) is 5.04. The molecule has 0 amide bonds. The van der Waals surface area contributed by atoms with Gasteiger partial charge in [-0.1, -0.05) is 60.7 Å². The van der Waals surface area contributed by atoms with Crippen molar-refractivity contribution in [2.24, 2.45) is 20.5 Å². The predicted molar refractivity (Wildman–Crippen MR) is 176 cm³/mol. The lowest BCUT2D eigenvalue weighted by molar-refractivity contribution is 0.482. The van der Waals surface area contributed by atoms with E-state index in [0.29, 0.717) is 10.8 Å². The molecule has 48 heavy (non-hydrogen) atoms. The molecule has 0 saturated carbocycles. The summed E-state index contributed by atoms with van der Waals surface area (Å²) in [6.45, 7) is 0. The highest BCUT2D eigenvalue weighted by Gasteiger charge is 2.20. The van der Waals surface area contributed by atoms with Gasteiger partial charge in [0, 0.05) is 21.5 Å². The van der Waals surface area contributed by atoms with Gasteiger partial charge in [-0.25, -0.2) is 8.78 Å². The summed E-state index contributed by atoms with van der Waals surface area (Å²) in [4.78, 5) is -0.878. The highest BCUT2D eigenvalue weighted by Crippen LogP contribution is 2.39. The maximum absolute atomic E-state index is 15.1. The fraction of sp³-hybridized carbons (Fsp3) is 0. The summed E-state index contributed by atoms with van der Waals surface area (Å²) in [5.74, 6) is -1.67. The average molecular weight is 689 g/mol. The average Bonchev–Trinajstić information content (AvgIpc) is 3.04. The summed E-state index contributed by atoms with van der Waals surface area (Å²) in [7, 11) is -9.30. The van der Waals surface area contributed by atoms with Crippen molar-refractivity contribution in [2.45, 2.75) is 9.79 Å². The predicted octanol–water partition coefficient (Wildman–Crippen LogP) is 8.43. The Hall–Kier alpha value is -5.68. The van der Waals surface area contributed by atoms with E-state index in [1.807, 2.05) is 0 Å². The number of hydrogen-bond acceptors (Lipinski definition) is 10. The van der Waals surface area contributed by atoms with E-state index in [1.165, 1.54) is 48.5 Å². The number of azo groups is 2. The van der Waals surface area contributed by atoms with E-state index < -0.39 is 41.7 Å². The van der Waals surface area contributed by atoms with E-state index in [0.717, 1.165) is 24.3 Å². The van der Waals surface area contributed by atoms with Gasteiger partial charge >= 0.3 is 0 Å². The van der Waals surface area contributed by atoms with Crippen LogP contribution in [0.25, 0.3) is 32.7 Å². The van der Waals surface area contributed by atoms with E-state index in [-0.39, 0.29) is 56.0 Å². The van der Waals surface area contributed by atoms with E-state index >= 15 is 8.78 Å². The van der Waals surface area contributed by atoms with Gasteiger partial charge in [0.2, 0.25) is 0 Å². The molecule has 6 N–H and O–H groups in total. The highest BCUT2D eigenvalue weighted by molar-refractivity contribution is 7.86. The van der Waals surface area contributed by atoms with Crippen LogP contribution < -0.4 is 11.5 Å². The van der Waals surface area contributed by atoms with Crippen molar-refractivity contribution in [3.8, 4) is 11.1 Å². The molecule has 242 valence electrons. The minimum absolute atomic E-state index is 0.0636. The van der Waals surface area contributed by atoms with Gasteiger partial charge in [0.1, 0.15) is 32.5 Å². The smallest absolute Gasteiger partial charge is 0.295 e. The van der Waals surface area contributed by atoms with Gasteiger partial charge in [-0.15, -0.1) is 20.5 Å². The first kappa shape index (κ1) is 32.3. The minimum Gasteiger partial charge on any atom is -0.396 e. The van der Waals surface area contributed by atoms with Crippen molar-refractivity contribution < 1.29 is 34.7 Å². The molecule has 0 aliphatic heterocycles. The molecule has 0 saturated heterocycles. The lowest BCUT2D eigenvalue weighted by Crippen LogP contribution is -2.01. The Balaban J connectivity index is 1.28. The van der Waals surface area contributed by atoms with Crippen LogP contribution in [0.4, 0.5) is 42.9 Å². The first-order valence-corrected chi connectivity index (χ1v) is 16.6. The molecule has 0 bridgehead atoms. The number of nitrogen functional groups attached to an aromatic ring is 2. The van der Waals surface area contributed by atoms with Gasteiger partial charge in [0.25, 0.3) is 20.2 Å². The van der Waals surface area contributed by atoms with Crippen molar-refractivity contribution in [1.82, 2.24) is 0 Å². The third-order valence-electron chi connectivity index (χ3n) is 7.37. The number of anilines is 2. The number of halogens is 2. The maximum atomic E-state index is 15.1. The minimum atomic E-state index is -4.65. The second kappa shape index (κ2) is 12.2. The number of nitrogens with two attached hydrogens (primary N) is 2. The lowest BCUT2D eigenvalue weighted by atomic mass is 10.0. The van der Waals surface area contributed by atoms with Crippen LogP contribution in [0.3, 0.4) is 0 Å². The molecule has 0 unspecified atom stereocenters. The van der Waals surface area contributed by atoms with Gasteiger partial charge in [-0.2, -0.15) is 16.8 Å². The normalized spacial score (nSPS) is 12.5. The van der Waals surface area contributed by atoms with Gasteiger partial charge < -0.3 is 11.5 Å². The molecule has 0 spiro atoms. The van der Waals surface area contributed by atoms with Crippen LogP contribution in [0.5, 0.6) is 0 Å². The van der Waals surface area contributed by atoms with Gasteiger partial charge in [-0.3, -0.25) is 9.11 Å². The molecule has 0 aliphatic carbocycles. The van der Waals surface area contributed by atoms with Crippen LogP contribution in [-0.2, 0) is 20.2 Å². The quantitative estimate of drug-likeness (QED) is 0.0724. The number of rotatable bonds is 7. The summed E-state index contributed by atoms with van der Waals surface area (Å²) < 4.78 is 97.5. The van der Waals surface area contributed by atoms with Crippen molar-refractivity contribution >= 4 is 75.9 Å². The van der Waals surface area contributed by atoms with E-state index in [2.05, 4.69) is 20.5 Å². The molecule has 12 nitrogen and oxygen atoms in total. The number of hydrogen-bond donors (Lipinski definition) is 4. The van der Waals surface area contributed by atoms with Crippen molar-refractivity contribution in [2.75, 3.05) is 11.5 Å². The number of benzene rings is 6. The molecule has 6 aromatic rings. The van der Waals surface area contributed by atoms with Gasteiger partial charge in [0.15, 0.2) is 11.6 Å². The van der Waals surface area contributed by atoms with Crippen molar-refractivity contribution in [3.63, 3.8) is 0 Å². The summed E-state index contributed by atoms with van der Waals surface area (Å²) in [6.07, 6.45) is 0. The van der Waals surface area contributed by atoms with Crippen LogP contribution in [0, 0.1) is 11.6 Å². The van der Waals surface area contributed by atoms with Crippen LogP contribution in [0.15, 0.2) is 127 Å². The van der Waals surface area contributed by atoms with Crippen LogP contribution in [0.1, 0.15) is 0 Å². The molecule has 0 fully saturated rings. The van der Waals surface area contributed by atoms with E-state index in [9.17, 15) is 25.9 Å². The molecule has 0 atom stereocenters. The monoisotopic (exact) mass is 688 g/mol. The zero-order valence-electron chi connectivity index (χ0n) is 24.3. The Bertz CT molecular complexity index is 2400. The Morgan fingerprint density at radius 1 is 0.479 bits per heavy atom. The summed E-state index contributed by atoms with van der Waals surface area (Å²) in [5.41, 5.74) is 12.3. The Morgan fingerprint density at radius 2 is 0.812 bits per heavy atom. The largest absolute Gasteiger partial charge is 0.396 e. The molecule has 0 aliphatic rings.